The molecule has 26 heavy (non-hydrogen) atoms. The number of fused-ring (bicyclic) bond motifs is 1. The standard InChI is InChI=1S/C18H20ClFN2O3S/c1-22(2)17(12-3-6-18-13(9-12)7-8-25-18)11-21-26(23,24)14-4-5-16(20)15(19)10-14/h3-6,9-10,17,21H,7-8,11H2,1-2H3. The van der Waals surface area contributed by atoms with Gasteiger partial charge in [0.2, 0.25) is 10.0 Å². The third-order valence-corrected chi connectivity index (χ3v) is 6.10. The molecule has 140 valence electrons. The summed E-state index contributed by atoms with van der Waals surface area (Å²) in [4.78, 5) is 1.88. The Hall–Kier alpha value is -1.67. The van der Waals surface area contributed by atoms with Crippen molar-refractivity contribution in [3.05, 3.63) is 58.4 Å². The molecule has 2 aromatic rings. The maximum Gasteiger partial charge on any atom is 0.240 e. The average Bonchev–Trinajstić information content (AvgIpc) is 3.04. The van der Waals surface area contributed by atoms with Gasteiger partial charge in [0.25, 0.3) is 0 Å². The van der Waals surface area contributed by atoms with E-state index >= 15 is 0 Å². The minimum atomic E-state index is -3.80. The van der Waals surface area contributed by atoms with Gasteiger partial charge >= 0.3 is 0 Å². The third kappa shape index (κ3) is 4.01. The zero-order valence-corrected chi connectivity index (χ0v) is 16.1. The van der Waals surface area contributed by atoms with E-state index < -0.39 is 15.8 Å². The lowest BCUT2D eigenvalue weighted by molar-refractivity contribution is 0.299. The molecule has 2 aromatic carbocycles. The van der Waals surface area contributed by atoms with Crippen molar-refractivity contribution in [2.75, 3.05) is 27.2 Å². The molecule has 1 N–H and O–H groups in total. The Balaban J connectivity index is 1.79. The highest BCUT2D eigenvalue weighted by atomic mass is 35.5. The third-order valence-electron chi connectivity index (χ3n) is 4.39. The zero-order valence-electron chi connectivity index (χ0n) is 14.5. The van der Waals surface area contributed by atoms with Gasteiger partial charge in [0.05, 0.1) is 16.5 Å². The Kier molecular flexibility index (Phi) is 5.53. The van der Waals surface area contributed by atoms with Crippen molar-refractivity contribution < 1.29 is 17.5 Å². The van der Waals surface area contributed by atoms with E-state index in [1.807, 2.05) is 31.1 Å². The van der Waals surface area contributed by atoms with E-state index in [1.165, 1.54) is 6.07 Å². The first kappa shape index (κ1) is 19.1. The van der Waals surface area contributed by atoms with Crippen molar-refractivity contribution >= 4 is 21.6 Å². The topological polar surface area (TPSA) is 58.6 Å². The summed E-state index contributed by atoms with van der Waals surface area (Å²) in [6.07, 6.45) is 0.850. The lowest BCUT2D eigenvalue weighted by Gasteiger charge is -2.25. The van der Waals surface area contributed by atoms with Crippen molar-refractivity contribution in [3.8, 4) is 5.75 Å². The van der Waals surface area contributed by atoms with Gasteiger partial charge in [-0.2, -0.15) is 0 Å². The fourth-order valence-corrected chi connectivity index (χ4v) is 4.24. The Morgan fingerprint density at radius 1 is 1.27 bits per heavy atom. The number of ether oxygens (including phenoxy) is 1. The van der Waals surface area contributed by atoms with Crippen molar-refractivity contribution in [3.63, 3.8) is 0 Å². The highest BCUT2D eigenvalue weighted by Gasteiger charge is 2.22. The molecule has 0 saturated heterocycles. The average molecular weight is 399 g/mol. The van der Waals surface area contributed by atoms with E-state index in [0.717, 1.165) is 35.4 Å². The van der Waals surface area contributed by atoms with Gasteiger partial charge in [-0.05, 0) is 49.5 Å². The van der Waals surface area contributed by atoms with Gasteiger partial charge in [-0.15, -0.1) is 0 Å². The highest BCUT2D eigenvalue weighted by Crippen LogP contribution is 2.29. The van der Waals surface area contributed by atoms with Gasteiger partial charge < -0.3 is 9.64 Å². The summed E-state index contributed by atoms with van der Waals surface area (Å²) in [7, 11) is -0.0274. The quantitative estimate of drug-likeness (QED) is 0.812. The first-order valence-electron chi connectivity index (χ1n) is 8.15. The van der Waals surface area contributed by atoms with Crippen LogP contribution in [-0.2, 0) is 16.4 Å². The molecular weight excluding hydrogens is 379 g/mol. The van der Waals surface area contributed by atoms with E-state index in [9.17, 15) is 12.8 Å². The van der Waals surface area contributed by atoms with Crippen LogP contribution < -0.4 is 9.46 Å². The van der Waals surface area contributed by atoms with Crippen LogP contribution in [0, 0.1) is 5.82 Å². The lowest BCUT2D eigenvalue weighted by Crippen LogP contribution is -2.34. The van der Waals surface area contributed by atoms with Crippen LogP contribution in [0.2, 0.25) is 5.02 Å². The van der Waals surface area contributed by atoms with Gasteiger partial charge in [0.1, 0.15) is 11.6 Å². The summed E-state index contributed by atoms with van der Waals surface area (Å²) in [6.45, 7) is 0.841. The Morgan fingerprint density at radius 3 is 2.73 bits per heavy atom. The minimum Gasteiger partial charge on any atom is -0.493 e. The van der Waals surface area contributed by atoms with Crippen LogP contribution in [0.5, 0.6) is 5.75 Å². The number of rotatable bonds is 6. The molecule has 0 saturated carbocycles. The maximum absolute atomic E-state index is 13.3. The molecule has 1 heterocycles. The normalized spacial score (nSPS) is 15.0. The van der Waals surface area contributed by atoms with Gasteiger partial charge in [-0.25, -0.2) is 17.5 Å². The molecule has 0 radical (unpaired) electrons. The zero-order chi connectivity index (χ0) is 18.9. The number of nitrogens with zero attached hydrogens (tertiary/aromatic N) is 1. The van der Waals surface area contributed by atoms with Gasteiger partial charge in [-0.1, -0.05) is 23.7 Å². The van der Waals surface area contributed by atoms with Crippen molar-refractivity contribution in [1.29, 1.82) is 0 Å². The van der Waals surface area contributed by atoms with E-state index in [0.29, 0.717) is 6.61 Å². The molecular formula is C18H20ClFN2O3S. The summed E-state index contributed by atoms with van der Waals surface area (Å²) in [5.41, 5.74) is 2.13. The van der Waals surface area contributed by atoms with Crippen LogP contribution in [0.15, 0.2) is 41.3 Å². The molecule has 3 rings (SSSR count). The van der Waals surface area contributed by atoms with E-state index in [2.05, 4.69) is 10.8 Å². The predicted octanol–water partition coefficient (Wildman–Crippen LogP) is 3.00. The fraction of sp³-hybridized carbons (Fsp3) is 0.333. The van der Waals surface area contributed by atoms with Crippen LogP contribution in [0.3, 0.4) is 0 Å². The summed E-state index contributed by atoms with van der Waals surface area (Å²) >= 11 is 5.70. The SMILES string of the molecule is CN(C)C(CNS(=O)(=O)c1ccc(F)c(Cl)c1)c1ccc2c(c1)CCO2. The molecule has 1 unspecified atom stereocenters. The molecule has 1 aliphatic heterocycles. The van der Waals surface area contributed by atoms with Crippen LogP contribution in [0.1, 0.15) is 17.2 Å². The number of hydrogen-bond donors (Lipinski definition) is 1. The monoisotopic (exact) mass is 398 g/mol. The molecule has 1 atom stereocenters. The van der Waals surface area contributed by atoms with Gasteiger partial charge in [0.15, 0.2) is 0 Å². The summed E-state index contributed by atoms with van der Waals surface area (Å²) in [5, 5.41) is -0.226. The second-order valence-corrected chi connectivity index (χ2v) is 8.55. The van der Waals surface area contributed by atoms with Crippen molar-refractivity contribution in [2.45, 2.75) is 17.4 Å². The van der Waals surface area contributed by atoms with Crippen LogP contribution >= 0.6 is 11.6 Å². The Bertz CT molecular complexity index is 919. The number of benzene rings is 2. The molecule has 0 spiro atoms. The Labute approximate surface area is 157 Å². The largest absolute Gasteiger partial charge is 0.493 e. The summed E-state index contributed by atoms with van der Waals surface area (Å²) in [5.74, 6) is 0.227. The number of hydrogen-bond acceptors (Lipinski definition) is 4. The maximum atomic E-state index is 13.3. The molecule has 0 aliphatic carbocycles. The molecule has 0 bridgehead atoms. The van der Waals surface area contributed by atoms with Crippen LogP contribution in [-0.4, -0.2) is 40.6 Å². The first-order valence-corrected chi connectivity index (χ1v) is 10.0. The molecule has 1 aliphatic rings. The van der Waals surface area contributed by atoms with Gasteiger partial charge in [0, 0.05) is 19.0 Å². The van der Waals surface area contributed by atoms with Crippen LogP contribution in [0.4, 0.5) is 4.39 Å². The second-order valence-electron chi connectivity index (χ2n) is 6.37. The smallest absolute Gasteiger partial charge is 0.240 e. The number of sulfonamides is 1. The Morgan fingerprint density at radius 2 is 2.04 bits per heavy atom. The summed E-state index contributed by atoms with van der Waals surface area (Å²) in [6, 6.07) is 9.10. The van der Waals surface area contributed by atoms with E-state index in [-0.39, 0.29) is 22.5 Å². The molecule has 8 heteroatoms. The number of halogens is 2. The van der Waals surface area contributed by atoms with Crippen molar-refractivity contribution in [2.24, 2.45) is 0 Å². The fourth-order valence-electron chi connectivity index (χ4n) is 2.93. The van der Waals surface area contributed by atoms with Crippen molar-refractivity contribution in [1.82, 2.24) is 9.62 Å². The van der Waals surface area contributed by atoms with Gasteiger partial charge in [-0.3, -0.25) is 0 Å². The molecule has 0 fully saturated rings. The predicted molar refractivity (Wildman–Crippen MR) is 98.7 cm³/mol. The number of nitrogens with one attached hydrogen (secondary N) is 1. The molecule has 0 aromatic heterocycles. The number of likely N-dealkylation sites (N-methyl/N-ethyl adjacent to an activating group) is 1. The van der Waals surface area contributed by atoms with Crippen LogP contribution in [0.25, 0.3) is 0 Å². The highest BCUT2D eigenvalue weighted by molar-refractivity contribution is 7.89. The lowest BCUT2D eigenvalue weighted by atomic mass is 10.0. The minimum absolute atomic E-state index is 0.0660. The first-order chi connectivity index (χ1) is 12.3. The second kappa shape index (κ2) is 7.52. The molecule has 5 nitrogen and oxygen atoms in total. The molecule has 0 amide bonds. The van der Waals surface area contributed by atoms with E-state index in [1.54, 1.807) is 0 Å². The summed E-state index contributed by atoms with van der Waals surface area (Å²) < 4.78 is 46.4. The van der Waals surface area contributed by atoms with E-state index in [4.69, 9.17) is 16.3 Å².